The Hall–Kier alpha value is -1.95. The molecule has 0 spiro atoms. The molecule has 1 amide bonds. The lowest BCUT2D eigenvalue weighted by Gasteiger charge is -2.23. The molecule has 1 atom stereocenters. The molecule has 22 heavy (non-hydrogen) atoms. The number of imidazole rings is 1. The third kappa shape index (κ3) is 3.44. The van der Waals surface area contributed by atoms with E-state index >= 15 is 0 Å². The molecule has 6 heteroatoms. The van der Waals surface area contributed by atoms with Gasteiger partial charge in [0.2, 0.25) is 5.91 Å². The number of nitrogens with zero attached hydrogens (tertiary/aromatic N) is 4. The third-order valence-electron chi connectivity index (χ3n) is 4.41. The molecule has 1 N–H and O–H groups in total. The summed E-state index contributed by atoms with van der Waals surface area (Å²) in [5, 5.41) is 2.98. The molecule has 0 radical (unpaired) electrons. The van der Waals surface area contributed by atoms with Gasteiger partial charge in [-0.2, -0.15) is 0 Å². The number of likely N-dealkylation sites (tertiary alicyclic amines) is 1. The fourth-order valence-corrected chi connectivity index (χ4v) is 3.01. The van der Waals surface area contributed by atoms with Crippen LogP contribution in [0.15, 0.2) is 24.8 Å². The summed E-state index contributed by atoms with van der Waals surface area (Å²) < 4.78 is 1.94. The van der Waals surface area contributed by atoms with Gasteiger partial charge in [-0.05, 0) is 39.3 Å². The van der Waals surface area contributed by atoms with Gasteiger partial charge in [0.1, 0.15) is 0 Å². The van der Waals surface area contributed by atoms with Crippen molar-refractivity contribution in [3.05, 3.63) is 30.5 Å². The smallest absolute Gasteiger partial charge is 0.220 e. The van der Waals surface area contributed by atoms with Crippen LogP contribution in [0.1, 0.15) is 38.3 Å². The van der Waals surface area contributed by atoms with E-state index in [1.165, 1.54) is 25.9 Å². The van der Waals surface area contributed by atoms with Crippen molar-refractivity contribution in [1.82, 2.24) is 24.6 Å². The maximum atomic E-state index is 12.0. The largest absolute Gasteiger partial charge is 0.350 e. The molecule has 1 fully saturated rings. The lowest BCUT2D eigenvalue weighted by molar-refractivity contribution is -0.121. The fraction of sp³-hybridized carbons (Fsp3) is 0.562. The van der Waals surface area contributed by atoms with E-state index in [9.17, 15) is 4.79 Å². The quantitative estimate of drug-likeness (QED) is 0.880. The minimum atomic E-state index is 0.107. The number of carbonyl (C=O) groups excluding carboxylic acids is 1. The van der Waals surface area contributed by atoms with Gasteiger partial charge in [-0.3, -0.25) is 14.2 Å². The Morgan fingerprint density at radius 1 is 1.36 bits per heavy atom. The standard InChI is InChI=1S/C16H23N5O/c1-13(20-7-2-3-8-20)4-5-16(22)19-11-14-10-18-15-12-17-6-9-21(14)15/h6,9-10,12-13H,2-5,7-8,11H2,1H3,(H,19,22). The molecule has 2 aromatic heterocycles. The van der Waals surface area contributed by atoms with Crippen molar-refractivity contribution >= 4 is 11.6 Å². The van der Waals surface area contributed by atoms with Gasteiger partial charge in [-0.25, -0.2) is 4.98 Å². The molecule has 1 aliphatic rings. The fourth-order valence-electron chi connectivity index (χ4n) is 3.01. The normalized spacial score (nSPS) is 17.0. The van der Waals surface area contributed by atoms with Crippen LogP contribution >= 0.6 is 0 Å². The second kappa shape index (κ2) is 6.87. The van der Waals surface area contributed by atoms with E-state index in [0.717, 1.165) is 17.8 Å². The van der Waals surface area contributed by atoms with E-state index in [1.54, 1.807) is 18.6 Å². The second-order valence-electron chi connectivity index (χ2n) is 5.96. The highest BCUT2D eigenvalue weighted by atomic mass is 16.1. The van der Waals surface area contributed by atoms with Crippen LogP contribution in [0.5, 0.6) is 0 Å². The minimum absolute atomic E-state index is 0.107. The number of fused-ring (bicyclic) bond motifs is 1. The Morgan fingerprint density at radius 2 is 2.18 bits per heavy atom. The minimum Gasteiger partial charge on any atom is -0.350 e. The number of aromatic nitrogens is 3. The number of hydrogen-bond acceptors (Lipinski definition) is 4. The molecule has 2 aromatic rings. The van der Waals surface area contributed by atoms with Crippen LogP contribution in [0.25, 0.3) is 5.65 Å². The van der Waals surface area contributed by atoms with Crippen molar-refractivity contribution in [2.24, 2.45) is 0 Å². The SMILES string of the molecule is CC(CCC(=O)NCc1cnc2cnccn12)N1CCCC1. The van der Waals surface area contributed by atoms with Gasteiger partial charge in [0.25, 0.3) is 0 Å². The van der Waals surface area contributed by atoms with Crippen molar-refractivity contribution in [1.29, 1.82) is 0 Å². The average molecular weight is 301 g/mol. The maximum absolute atomic E-state index is 12.0. The first-order valence-corrected chi connectivity index (χ1v) is 8.01. The van der Waals surface area contributed by atoms with Crippen molar-refractivity contribution in [3.63, 3.8) is 0 Å². The van der Waals surface area contributed by atoms with Crippen molar-refractivity contribution in [3.8, 4) is 0 Å². The first-order chi connectivity index (χ1) is 10.7. The third-order valence-corrected chi connectivity index (χ3v) is 4.41. The summed E-state index contributed by atoms with van der Waals surface area (Å²) in [6.07, 6.45) is 11.2. The van der Waals surface area contributed by atoms with Crippen LogP contribution in [0.3, 0.4) is 0 Å². The monoisotopic (exact) mass is 301 g/mol. The Balaban J connectivity index is 1.46. The highest BCUT2D eigenvalue weighted by Crippen LogP contribution is 2.14. The summed E-state index contributed by atoms with van der Waals surface area (Å²) in [4.78, 5) is 22.8. The molecule has 0 aliphatic carbocycles. The summed E-state index contributed by atoms with van der Waals surface area (Å²) in [5.74, 6) is 0.107. The van der Waals surface area contributed by atoms with Crippen LogP contribution in [-0.2, 0) is 11.3 Å². The Morgan fingerprint density at radius 3 is 3.00 bits per heavy atom. The van der Waals surface area contributed by atoms with Gasteiger partial charge in [0.05, 0.1) is 24.6 Å². The number of nitrogens with one attached hydrogen (secondary N) is 1. The Bertz CT molecular complexity index is 632. The topological polar surface area (TPSA) is 62.5 Å². The van der Waals surface area contributed by atoms with E-state index < -0.39 is 0 Å². The van der Waals surface area contributed by atoms with E-state index in [2.05, 4.69) is 27.1 Å². The first kappa shape index (κ1) is 15.0. The Labute approximate surface area is 130 Å². The van der Waals surface area contributed by atoms with Crippen LogP contribution < -0.4 is 5.32 Å². The van der Waals surface area contributed by atoms with E-state index in [4.69, 9.17) is 0 Å². The summed E-state index contributed by atoms with van der Waals surface area (Å²) in [5.41, 5.74) is 1.77. The zero-order valence-corrected chi connectivity index (χ0v) is 13.0. The van der Waals surface area contributed by atoms with Gasteiger partial charge in [0, 0.05) is 24.9 Å². The molecule has 0 aromatic carbocycles. The zero-order chi connectivity index (χ0) is 15.4. The summed E-state index contributed by atoms with van der Waals surface area (Å²) in [7, 11) is 0. The van der Waals surface area contributed by atoms with Crippen LogP contribution in [0.2, 0.25) is 0 Å². The van der Waals surface area contributed by atoms with Crippen molar-refractivity contribution in [2.75, 3.05) is 13.1 Å². The predicted octanol–water partition coefficient (Wildman–Crippen LogP) is 1.61. The molecular formula is C16H23N5O. The summed E-state index contributed by atoms with van der Waals surface area (Å²) >= 11 is 0. The lowest BCUT2D eigenvalue weighted by atomic mass is 10.1. The molecule has 3 rings (SSSR count). The van der Waals surface area contributed by atoms with Crippen molar-refractivity contribution < 1.29 is 4.79 Å². The van der Waals surface area contributed by atoms with Crippen LogP contribution in [0, 0.1) is 0 Å². The molecule has 0 saturated carbocycles. The van der Waals surface area contributed by atoms with Gasteiger partial charge in [-0.15, -0.1) is 0 Å². The van der Waals surface area contributed by atoms with Crippen LogP contribution in [-0.4, -0.2) is 44.3 Å². The zero-order valence-electron chi connectivity index (χ0n) is 13.0. The van der Waals surface area contributed by atoms with E-state index in [-0.39, 0.29) is 5.91 Å². The highest BCUT2D eigenvalue weighted by molar-refractivity contribution is 5.75. The molecule has 0 bridgehead atoms. The van der Waals surface area contributed by atoms with E-state index in [0.29, 0.717) is 19.0 Å². The van der Waals surface area contributed by atoms with Gasteiger partial charge in [0.15, 0.2) is 5.65 Å². The number of carbonyl (C=O) groups is 1. The average Bonchev–Trinajstić information content (AvgIpc) is 3.20. The molecule has 1 unspecified atom stereocenters. The molecule has 118 valence electrons. The predicted molar refractivity (Wildman–Crippen MR) is 84.3 cm³/mol. The summed E-state index contributed by atoms with van der Waals surface area (Å²) in [6.45, 7) is 5.08. The first-order valence-electron chi connectivity index (χ1n) is 8.01. The van der Waals surface area contributed by atoms with Gasteiger partial charge >= 0.3 is 0 Å². The molecular weight excluding hydrogens is 278 g/mol. The molecule has 1 saturated heterocycles. The molecule has 3 heterocycles. The summed E-state index contributed by atoms with van der Waals surface area (Å²) in [6, 6.07) is 0.495. The number of hydrogen-bond donors (Lipinski definition) is 1. The Kier molecular flexibility index (Phi) is 4.68. The molecule has 6 nitrogen and oxygen atoms in total. The number of rotatable bonds is 6. The van der Waals surface area contributed by atoms with Gasteiger partial charge in [-0.1, -0.05) is 0 Å². The molecule has 1 aliphatic heterocycles. The maximum Gasteiger partial charge on any atom is 0.220 e. The van der Waals surface area contributed by atoms with Crippen LogP contribution in [0.4, 0.5) is 0 Å². The van der Waals surface area contributed by atoms with Crippen molar-refractivity contribution in [2.45, 2.75) is 45.2 Å². The van der Waals surface area contributed by atoms with E-state index in [1.807, 2.05) is 10.6 Å². The second-order valence-corrected chi connectivity index (χ2v) is 5.96. The van der Waals surface area contributed by atoms with Gasteiger partial charge < -0.3 is 10.2 Å². The lowest BCUT2D eigenvalue weighted by Crippen LogP contribution is -2.32. The highest BCUT2D eigenvalue weighted by Gasteiger charge is 2.18. The number of amides is 1.